The van der Waals surface area contributed by atoms with E-state index in [-0.39, 0.29) is 11.9 Å². The first-order valence-electron chi connectivity index (χ1n) is 7.60. The summed E-state index contributed by atoms with van der Waals surface area (Å²) >= 11 is 0. The smallest absolute Gasteiger partial charge is 0.305 e. The van der Waals surface area contributed by atoms with Crippen molar-refractivity contribution >= 4 is 11.9 Å². The van der Waals surface area contributed by atoms with Crippen LogP contribution in [0.4, 0.5) is 0 Å². The van der Waals surface area contributed by atoms with Crippen LogP contribution in [-0.4, -0.2) is 25.2 Å². The van der Waals surface area contributed by atoms with E-state index in [2.05, 4.69) is 0 Å². The van der Waals surface area contributed by atoms with E-state index in [1.807, 2.05) is 0 Å². The van der Waals surface area contributed by atoms with Crippen LogP contribution in [-0.2, 0) is 19.1 Å². The third-order valence-electron chi connectivity index (χ3n) is 3.33. The molecule has 1 aliphatic heterocycles. The molecule has 4 nitrogen and oxygen atoms in total. The highest BCUT2D eigenvalue weighted by Crippen LogP contribution is 2.09. The Morgan fingerprint density at radius 1 is 0.526 bits per heavy atom. The van der Waals surface area contributed by atoms with Gasteiger partial charge in [0.25, 0.3) is 0 Å². The lowest BCUT2D eigenvalue weighted by atomic mass is 10.1. The van der Waals surface area contributed by atoms with Crippen LogP contribution in [0.3, 0.4) is 0 Å². The Morgan fingerprint density at radius 3 is 1.32 bits per heavy atom. The Bertz CT molecular complexity index is 237. The van der Waals surface area contributed by atoms with Crippen molar-refractivity contribution in [1.29, 1.82) is 0 Å². The Morgan fingerprint density at radius 2 is 0.895 bits per heavy atom. The molecule has 0 radical (unpaired) electrons. The number of hydrogen-bond donors (Lipinski definition) is 0. The van der Waals surface area contributed by atoms with Gasteiger partial charge in [-0.15, -0.1) is 0 Å². The van der Waals surface area contributed by atoms with E-state index in [0.717, 1.165) is 25.7 Å². The minimum Gasteiger partial charge on any atom is -0.466 e. The molecule has 1 heterocycles. The summed E-state index contributed by atoms with van der Waals surface area (Å²) in [6, 6.07) is 0. The summed E-state index contributed by atoms with van der Waals surface area (Å²) in [5.74, 6) is -0.282. The molecule has 1 rings (SSSR count). The van der Waals surface area contributed by atoms with Crippen molar-refractivity contribution < 1.29 is 19.1 Å². The van der Waals surface area contributed by atoms with Crippen molar-refractivity contribution in [3.8, 4) is 0 Å². The van der Waals surface area contributed by atoms with E-state index in [1.165, 1.54) is 19.3 Å². The first-order chi connectivity index (χ1) is 9.29. The number of esters is 2. The van der Waals surface area contributed by atoms with Crippen molar-refractivity contribution in [3.63, 3.8) is 0 Å². The molecule has 0 bridgehead atoms. The molecule has 110 valence electrons. The number of cyclic esters (lactones) is 2. The number of carbonyl (C=O) groups is 2. The zero-order valence-electron chi connectivity index (χ0n) is 11.8. The molecule has 19 heavy (non-hydrogen) atoms. The van der Waals surface area contributed by atoms with Crippen LogP contribution in [0.5, 0.6) is 0 Å². The maximum absolute atomic E-state index is 11.4. The molecule has 1 fully saturated rings. The van der Waals surface area contributed by atoms with Crippen molar-refractivity contribution in [2.24, 2.45) is 0 Å². The Hall–Kier alpha value is -1.06. The maximum atomic E-state index is 11.4. The third-order valence-corrected chi connectivity index (χ3v) is 3.33. The van der Waals surface area contributed by atoms with Crippen molar-refractivity contribution in [2.45, 2.75) is 70.6 Å². The van der Waals surface area contributed by atoms with E-state index >= 15 is 0 Å². The molecular formula is C15H26O4. The lowest BCUT2D eigenvalue weighted by Gasteiger charge is -2.04. The van der Waals surface area contributed by atoms with Gasteiger partial charge in [0.1, 0.15) is 0 Å². The monoisotopic (exact) mass is 270 g/mol. The SMILES string of the molecule is O=C1CCCCC(=O)OCCCCCCCCCO1. The maximum Gasteiger partial charge on any atom is 0.305 e. The summed E-state index contributed by atoms with van der Waals surface area (Å²) in [5.41, 5.74) is 0. The van der Waals surface area contributed by atoms with Crippen LogP contribution in [0.15, 0.2) is 0 Å². The number of rotatable bonds is 0. The zero-order chi connectivity index (χ0) is 13.8. The van der Waals surface area contributed by atoms with Gasteiger partial charge in [-0.25, -0.2) is 0 Å². The van der Waals surface area contributed by atoms with Gasteiger partial charge in [-0.2, -0.15) is 0 Å². The van der Waals surface area contributed by atoms with E-state index in [1.54, 1.807) is 0 Å². The van der Waals surface area contributed by atoms with Gasteiger partial charge in [0.05, 0.1) is 13.2 Å². The van der Waals surface area contributed by atoms with Crippen LogP contribution in [0.1, 0.15) is 70.6 Å². The van der Waals surface area contributed by atoms with Gasteiger partial charge in [-0.3, -0.25) is 9.59 Å². The lowest BCUT2D eigenvalue weighted by molar-refractivity contribution is -0.146. The molecule has 0 aromatic carbocycles. The second-order valence-corrected chi connectivity index (χ2v) is 5.12. The molecule has 0 aliphatic carbocycles. The molecule has 0 saturated carbocycles. The molecule has 0 aromatic heterocycles. The molecule has 0 spiro atoms. The summed E-state index contributed by atoms with van der Waals surface area (Å²) in [4.78, 5) is 22.7. The molecule has 0 unspecified atom stereocenters. The van der Waals surface area contributed by atoms with Crippen LogP contribution in [0, 0.1) is 0 Å². The molecular weight excluding hydrogens is 244 g/mol. The molecule has 0 N–H and O–H groups in total. The summed E-state index contributed by atoms with van der Waals surface area (Å²) < 4.78 is 10.3. The van der Waals surface area contributed by atoms with Gasteiger partial charge in [0.15, 0.2) is 0 Å². The first kappa shape index (κ1) is 16.0. The van der Waals surface area contributed by atoms with E-state index in [9.17, 15) is 9.59 Å². The van der Waals surface area contributed by atoms with E-state index in [4.69, 9.17) is 9.47 Å². The predicted molar refractivity (Wildman–Crippen MR) is 72.7 cm³/mol. The molecule has 1 aliphatic rings. The van der Waals surface area contributed by atoms with Crippen molar-refractivity contribution in [3.05, 3.63) is 0 Å². The summed E-state index contributed by atoms with van der Waals surface area (Å²) in [6.45, 7) is 1.09. The van der Waals surface area contributed by atoms with Gasteiger partial charge in [0, 0.05) is 12.8 Å². The first-order valence-corrected chi connectivity index (χ1v) is 7.60. The van der Waals surface area contributed by atoms with Crippen molar-refractivity contribution in [1.82, 2.24) is 0 Å². The third kappa shape index (κ3) is 9.51. The second-order valence-electron chi connectivity index (χ2n) is 5.12. The van der Waals surface area contributed by atoms with Gasteiger partial charge in [-0.1, -0.05) is 32.1 Å². The normalized spacial score (nSPS) is 22.1. The number of ether oxygens (including phenoxy) is 2. The second kappa shape index (κ2) is 10.8. The highest BCUT2D eigenvalue weighted by molar-refractivity contribution is 5.70. The van der Waals surface area contributed by atoms with Crippen LogP contribution in [0.25, 0.3) is 0 Å². The van der Waals surface area contributed by atoms with Crippen molar-refractivity contribution in [2.75, 3.05) is 13.2 Å². The largest absolute Gasteiger partial charge is 0.466 e. The fourth-order valence-corrected chi connectivity index (χ4v) is 2.14. The average molecular weight is 270 g/mol. The molecule has 4 heteroatoms. The fraction of sp³-hybridized carbons (Fsp3) is 0.867. The minimum absolute atomic E-state index is 0.141. The van der Waals surface area contributed by atoms with Crippen LogP contribution in [0.2, 0.25) is 0 Å². The Balaban J connectivity index is 2.22. The fourth-order valence-electron chi connectivity index (χ4n) is 2.14. The summed E-state index contributed by atoms with van der Waals surface area (Å²) in [7, 11) is 0. The van der Waals surface area contributed by atoms with Gasteiger partial charge in [0.2, 0.25) is 0 Å². The minimum atomic E-state index is -0.141. The quantitative estimate of drug-likeness (QED) is 0.633. The number of hydrogen-bond acceptors (Lipinski definition) is 4. The topological polar surface area (TPSA) is 52.6 Å². The highest BCUT2D eigenvalue weighted by atomic mass is 16.5. The Labute approximate surface area is 115 Å². The standard InChI is InChI=1S/C15H26O4/c16-14-10-6-7-11-15(17)19-13-9-5-3-1-2-4-8-12-18-14/h1-13H2. The predicted octanol–water partition coefficient (Wildman–Crippen LogP) is 3.38. The molecule has 0 amide bonds. The zero-order valence-corrected chi connectivity index (χ0v) is 11.8. The van der Waals surface area contributed by atoms with Gasteiger partial charge >= 0.3 is 11.9 Å². The van der Waals surface area contributed by atoms with Crippen LogP contribution < -0.4 is 0 Å². The molecule has 1 saturated heterocycles. The van der Waals surface area contributed by atoms with Gasteiger partial charge < -0.3 is 9.47 Å². The lowest BCUT2D eigenvalue weighted by Crippen LogP contribution is -2.07. The number of carbonyl (C=O) groups excluding carboxylic acids is 2. The van der Waals surface area contributed by atoms with E-state index in [0.29, 0.717) is 38.9 Å². The van der Waals surface area contributed by atoms with E-state index < -0.39 is 0 Å². The van der Waals surface area contributed by atoms with Crippen LogP contribution >= 0.6 is 0 Å². The highest BCUT2D eigenvalue weighted by Gasteiger charge is 2.06. The molecule has 0 aromatic rings. The van der Waals surface area contributed by atoms with Gasteiger partial charge in [-0.05, 0) is 25.7 Å². The Kier molecular flexibility index (Phi) is 9.11. The molecule has 0 atom stereocenters. The summed E-state index contributed by atoms with van der Waals surface area (Å²) in [6.07, 6.45) is 10.0. The summed E-state index contributed by atoms with van der Waals surface area (Å²) in [5, 5.41) is 0. The average Bonchev–Trinajstić information content (AvgIpc) is 2.40.